The van der Waals surface area contributed by atoms with Gasteiger partial charge in [-0.25, -0.2) is 19.8 Å². The SMILES string of the molecule is C=Nc1[nH]cc(/C=C2\OC(Nc3ccc(OCc4ncccn4)cc3)=C(C(=O)OCC)C2=O)c1/C=C\C. The van der Waals surface area contributed by atoms with Gasteiger partial charge in [-0.1, -0.05) is 12.2 Å². The van der Waals surface area contributed by atoms with Gasteiger partial charge in [0.2, 0.25) is 11.7 Å². The van der Waals surface area contributed by atoms with Gasteiger partial charge in [-0.05, 0) is 57.0 Å². The fourth-order valence-corrected chi connectivity index (χ4v) is 3.49. The maximum absolute atomic E-state index is 13.2. The highest BCUT2D eigenvalue weighted by Crippen LogP contribution is 2.32. The van der Waals surface area contributed by atoms with Crippen LogP contribution in [0.5, 0.6) is 5.75 Å². The summed E-state index contributed by atoms with van der Waals surface area (Å²) in [5.74, 6) is 0.273. The molecule has 0 bridgehead atoms. The lowest BCUT2D eigenvalue weighted by molar-refractivity contribution is -0.139. The van der Waals surface area contributed by atoms with Crippen molar-refractivity contribution in [1.29, 1.82) is 0 Å². The molecular formula is C27H25N5O5. The standard InChI is InChI=1S/C27H25N5O5/c1-4-7-20-17(15-31-25(20)28-3)14-21-24(33)23(27(34)35-5-2)26(37-21)32-18-8-10-19(11-9-18)36-16-22-29-12-6-13-30-22/h4,6-15,31-32H,3,5,16H2,1-2H3/b7-4-,21-14-. The third-order valence-electron chi connectivity index (χ3n) is 5.18. The van der Waals surface area contributed by atoms with Crippen LogP contribution < -0.4 is 10.1 Å². The van der Waals surface area contributed by atoms with Gasteiger partial charge in [0.1, 0.15) is 18.2 Å². The van der Waals surface area contributed by atoms with Crippen molar-refractivity contribution in [1.82, 2.24) is 15.0 Å². The molecule has 37 heavy (non-hydrogen) atoms. The van der Waals surface area contributed by atoms with Gasteiger partial charge in [0, 0.05) is 35.4 Å². The smallest absolute Gasteiger partial charge is 0.347 e. The number of esters is 1. The normalized spacial score (nSPS) is 14.2. The number of carbonyl (C=O) groups excluding carboxylic acids is 2. The number of ether oxygens (including phenoxy) is 3. The number of anilines is 1. The second kappa shape index (κ2) is 11.6. The first-order valence-corrected chi connectivity index (χ1v) is 11.5. The summed E-state index contributed by atoms with van der Waals surface area (Å²) in [6, 6.07) is 8.65. The van der Waals surface area contributed by atoms with Crippen molar-refractivity contribution in [2.75, 3.05) is 11.9 Å². The number of H-pyrrole nitrogens is 1. The second-order valence-electron chi connectivity index (χ2n) is 7.63. The van der Waals surface area contributed by atoms with E-state index in [1.54, 1.807) is 61.9 Å². The Morgan fingerprint density at radius 1 is 1.24 bits per heavy atom. The van der Waals surface area contributed by atoms with Crippen molar-refractivity contribution < 1.29 is 23.8 Å². The zero-order chi connectivity index (χ0) is 26.2. The number of hydrogen-bond acceptors (Lipinski definition) is 9. The van der Waals surface area contributed by atoms with E-state index in [1.807, 2.05) is 19.1 Å². The number of aromatic nitrogens is 3. The summed E-state index contributed by atoms with van der Waals surface area (Å²) in [7, 11) is 0. The molecule has 2 aromatic heterocycles. The molecule has 2 N–H and O–H groups in total. The van der Waals surface area contributed by atoms with Crippen LogP contribution in [-0.2, 0) is 25.7 Å². The van der Waals surface area contributed by atoms with E-state index in [1.165, 1.54) is 0 Å². The zero-order valence-electron chi connectivity index (χ0n) is 20.4. The second-order valence-corrected chi connectivity index (χ2v) is 7.63. The molecule has 0 fully saturated rings. The summed E-state index contributed by atoms with van der Waals surface area (Å²) in [5.41, 5.74) is 1.73. The number of allylic oxidation sites excluding steroid dienone is 2. The minimum absolute atomic E-state index is 0.0220. The average molecular weight is 500 g/mol. The Bertz CT molecular complexity index is 1390. The van der Waals surface area contributed by atoms with Gasteiger partial charge in [0.15, 0.2) is 17.2 Å². The van der Waals surface area contributed by atoms with Crippen LogP contribution in [-0.4, -0.2) is 40.0 Å². The fraction of sp³-hybridized carbons (Fsp3) is 0.148. The number of nitrogens with zero attached hydrogens (tertiary/aromatic N) is 3. The molecule has 4 rings (SSSR count). The third-order valence-corrected chi connectivity index (χ3v) is 5.18. The number of carbonyl (C=O) groups is 2. The number of ketones is 1. The molecule has 0 unspecified atom stereocenters. The van der Waals surface area contributed by atoms with E-state index in [0.29, 0.717) is 28.6 Å². The molecule has 0 saturated heterocycles. The van der Waals surface area contributed by atoms with E-state index in [9.17, 15) is 9.59 Å². The van der Waals surface area contributed by atoms with Crippen LogP contribution in [0.4, 0.5) is 11.5 Å². The maximum Gasteiger partial charge on any atom is 0.347 e. The topological polar surface area (TPSA) is 128 Å². The van der Waals surface area contributed by atoms with Gasteiger partial charge in [-0.15, -0.1) is 0 Å². The van der Waals surface area contributed by atoms with Crippen LogP contribution in [0, 0.1) is 0 Å². The maximum atomic E-state index is 13.2. The lowest BCUT2D eigenvalue weighted by Gasteiger charge is -2.10. The van der Waals surface area contributed by atoms with Crippen molar-refractivity contribution >= 4 is 42.1 Å². The summed E-state index contributed by atoms with van der Waals surface area (Å²) >= 11 is 0. The van der Waals surface area contributed by atoms with Crippen LogP contribution in [0.2, 0.25) is 0 Å². The molecule has 3 aromatic rings. The number of hydrogen-bond donors (Lipinski definition) is 2. The summed E-state index contributed by atoms with van der Waals surface area (Å²) in [6.45, 7) is 7.40. The highest BCUT2D eigenvalue weighted by molar-refractivity contribution is 6.26. The van der Waals surface area contributed by atoms with Gasteiger partial charge < -0.3 is 24.5 Å². The first-order valence-electron chi connectivity index (χ1n) is 11.5. The average Bonchev–Trinajstić information content (AvgIpc) is 3.44. The third kappa shape index (κ3) is 5.81. The van der Waals surface area contributed by atoms with Gasteiger partial charge in [0.05, 0.1) is 6.61 Å². The van der Waals surface area contributed by atoms with E-state index in [0.717, 1.165) is 5.56 Å². The minimum Gasteiger partial charge on any atom is -0.486 e. The molecule has 0 radical (unpaired) electrons. The van der Waals surface area contributed by atoms with Crippen LogP contribution in [0.15, 0.2) is 77.2 Å². The summed E-state index contributed by atoms with van der Waals surface area (Å²) in [6.07, 6.45) is 10.2. The Morgan fingerprint density at radius 2 is 2.00 bits per heavy atom. The van der Waals surface area contributed by atoms with Crippen molar-refractivity contribution in [3.05, 3.63) is 89.2 Å². The van der Waals surface area contributed by atoms with E-state index in [2.05, 4.69) is 32.0 Å². The van der Waals surface area contributed by atoms with E-state index in [-0.39, 0.29) is 30.4 Å². The number of nitrogens with one attached hydrogen (secondary N) is 2. The molecule has 0 spiro atoms. The quantitative estimate of drug-likeness (QED) is 0.180. The summed E-state index contributed by atoms with van der Waals surface area (Å²) in [5, 5.41) is 3.00. The lowest BCUT2D eigenvalue weighted by Crippen LogP contribution is -2.16. The van der Waals surface area contributed by atoms with Crippen molar-refractivity contribution in [2.45, 2.75) is 20.5 Å². The van der Waals surface area contributed by atoms with Gasteiger partial charge in [-0.2, -0.15) is 0 Å². The van der Waals surface area contributed by atoms with Crippen LogP contribution in [0.25, 0.3) is 12.2 Å². The fourth-order valence-electron chi connectivity index (χ4n) is 3.49. The number of aliphatic imine (C=N–C) groups is 1. The monoisotopic (exact) mass is 499 g/mol. The first kappa shape index (κ1) is 25.1. The molecule has 1 aliphatic rings. The van der Waals surface area contributed by atoms with E-state index >= 15 is 0 Å². The Hall–Kier alpha value is -4.99. The molecule has 10 heteroatoms. The Balaban J connectivity index is 1.55. The highest BCUT2D eigenvalue weighted by Gasteiger charge is 2.37. The largest absolute Gasteiger partial charge is 0.486 e. The number of rotatable bonds is 10. The van der Waals surface area contributed by atoms with E-state index < -0.39 is 11.8 Å². The molecule has 0 amide bonds. The Morgan fingerprint density at radius 3 is 2.68 bits per heavy atom. The summed E-state index contributed by atoms with van der Waals surface area (Å²) in [4.78, 5) is 41.0. The predicted octanol–water partition coefficient (Wildman–Crippen LogP) is 4.58. The lowest BCUT2D eigenvalue weighted by atomic mass is 10.1. The Labute approximate surface area is 213 Å². The minimum atomic E-state index is -0.780. The van der Waals surface area contributed by atoms with Crippen LogP contribution in [0.3, 0.4) is 0 Å². The summed E-state index contributed by atoms with van der Waals surface area (Å²) < 4.78 is 16.6. The first-order chi connectivity index (χ1) is 18.0. The number of benzene rings is 1. The molecule has 0 aliphatic carbocycles. The molecule has 188 valence electrons. The molecule has 10 nitrogen and oxygen atoms in total. The Kier molecular flexibility index (Phi) is 7.89. The van der Waals surface area contributed by atoms with Crippen molar-refractivity contribution in [3.8, 4) is 5.75 Å². The van der Waals surface area contributed by atoms with Crippen molar-refractivity contribution in [2.24, 2.45) is 4.99 Å². The van der Waals surface area contributed by atoms with Gasteiger partial charge in [-0.3, -0.25) is 4.79 Å². The molecule has 1 aliphatic heterocycles. The molecule has 0 saturated carbocycles. The molecular weight excluding hydrogens is 474 g/mol. The van der Waals surface area contributed by atoms with E-state index in [4.69, 9.17) is 14.2 Å². The van der Waals surface area contributed by atoms with Crippen molar-refractivity contribution in [3.63, 3.8) is 0 Å². The van der Waals surface area contributed by atoms with Gasteiger partial charge in [0.25, 0.3) is 0 Å². The van der Waals surface area contributed by atoms with Crippen LogP contribution >= 0.6 is 0 Å². The number of aromatic amines is 1. The number of Topliss-reactive ketones (excluding diaryl/α,β-unsaturated/α-hetero) is 1. The molecule has 0 atom stereocenters. The highest BCUT2D eigenvalue weighted by atomic mass is 16.5. The predicted molar refractivity (Wildman–Crippen MR) is 139 cm³/mol. The van der Waals surface area contributed by atoms with Gasteiger partial charge >= 0.3 is 5.97 Å². The van der Waals surface area contributed by atoms with Crippen LogP contribution in [0.1, 0.15) is 30.8 Å². The zero-order valence-corrected chi connectivity index (χ0v) is 20.4. The molecule has 3 heterocycles. The molecule has 1 aromatic carbocycles.